The molecule has 1 heterocycles. The zero-order valence-electron chi connectivity index (χ0n) is 12.2. The third kappa shape index (κ3) is 3.81. The Morgan fingerprint density at radius 3 is 2.48 bits per heavy atom. The van der Waals surface area contributed by atoms with Gasteiger partial charge in [-0.1, -0.05) is 43.2 Å². The Morgan fingerprint density at radius 1 is 1.14 bits per heavy atom. The van der Waals surface area contributed by atoms with Crippen LogP contribution >= 0.6 is 0 Å². The van der Waals surface area contributed by atoms with Crippen LogP contribution in [0.1, 0.15) is 37.4 Å². The standard InChI is InChI=1S/C16H23N3O2/c20-16(19-13-10-17-18-11-13)15(12-6-2-1-3-7-12)21-14-8-4-5-9-14/h1-3,6-7,13-15,17-18H,4-5,8-11H2,(H,19,20). The molecule has 1 aliphatic heterocycles. The normalized spacial score (nSPS) is 21.5. The van der Waals surface area contributed by atoms with Crippen molar-refractivity contribution in [2.45, 2.75) is 43.9 Å². The van der Waals surface area contributed by atoms with Gasteiger partial charge in [0.15, 0.2) is 6.10 Å². The Kier molecular flexibility index (Phi) is 4.85. The summed E-state index contributed by atoms with van der Waals surface area (Å²) in [5.41, 5.74) is 6.98. The van der Waals surface area contributed by atoms with Crippen LogP contribution in [0.5, 0.6) is 0 Å². The molecule has 1 unspecified atom stereocenters. The summed E-state index contributed by atoms with van der Waals surface area (Å²) in [6.45, 7) is 1.49. The van der Waals surface area contributed by atoms with Gasteiger partial charge in [0.05, 0.1) is 12.1 Å². The summed E-state index contributed by atoms with van der Waals surface area (Å²) >= 11 is 0. The van der Waals surface area contributed by atoms with E-state index < -0.39 is 6.10 Å². The largest absolute Gasteiger partial charge is 0.360 e. The molecule has 114 valence electrons. The maximum absolute atomic E-state index is 12.6. The highest BCUT2D eigenvalue weighted by atomic mass is 16.5. The van der Waals surface area contributed by atoms with Crippen LogP contribution in [0.2, 0.25) is 0 Å². The molecular weight excluding hydrogens is 266 g/mol. The van der Waals surface area contributed by atoms with Gasteiger partial charge in [0, 0.05) is 13.1 Å². The van der Waals surface area contributed by atoms with E-state index in [0.29, 0.717) is 0 Å². The van der Waals surface area contributed by atoms with Gasteiger partial charge in [-0.3, -0.25) is 15.6 Å². The van der Waals surface area contributed by atoms with Crippen molar-refractivity contribution in [2.75, 3.05) is 13.1 Å². The SMILES string of the molecule is O=C(NC1CNNC1)C(OC1CCCC1)c1ccccc1. The number of ether oxygens (including phenoxy) is 1. The average molecular weight is 289 g/mol. The lowest BCUT2D eigenvalue weighted by Crippen LogP contribution is -2.42. The van der Waals surface area contributed by atoms with E-state index in [2.05, 4.69) is 16.2 Å². The minimum Gasteiger partial charge on any atom is -0.360 e. The van der Waals surface area contributed by atoms with E-state index in [9.17, 15) is 4.79 Å². The molecule has 1 aromatic rings. The Hall–Kier alpha value is -1.43. The predicted molar refractivity (Wildman–Crippen MR) is 80.5 cm³/mol. The van der Waals surface area contributed by atoms with Crippen molar-refractivity contribution in [1.29, 1.82) is 0 Å². The molecule has 2 aliphatic rings. The number of amides is 1. The third-order valence-electron chi connectivity index (χ3n) is 4.14. The summed E-state index contributed by atoms with van der Waals surface area (Å²) in [5, 5.41) is 3.06. The molecule has 0 radical (unpaired) electrons. The summed E-state index contributed by atoms with van der Waals surface area (Å²) in [5.74, 6) is -0.0383. The van der Waals surface area contributed by atoms with Gasteiger partial charge in [-0.15, -0.1) is 0 Å². The highest BCUT2D eigenvalue weighted by Crippen LogP contribution is 2.28. The molecule has 0 bridgehead atoms. The fourth-order valence-electron chi connectivity index (χ4n) is 2.98. The van der Waals surface area contributed by atoms with Crippen LogP contribution in [-0.2, 0) is 9.53 Å². The first-order chi connectivity index (χ1) is 10.3. The van der Waals surface area contributed by atoms with Crippen molar-refractivity contribution < 1.29 is 9.53 Å². The van der Waals surface area contributed by atoms with Crippen molar-refractivity contribution >= 4 is 5.91 Å². The second-order valence-electron chi connectivity index (χ2n) is 5.80. The fraction of sp³-hybridized carbons (Fsp3) is 0.562. The molecule has 2 fully saturated rings. The maximum Gasteiger partial charge on any atom is 0.254 e. The number of carbonyl (C=O) groups excluding carboxylic acids is 1. The second kappa shape index (κ2) is 7.02. The van der Waals surface area contributed by atoms with Crippen LogP contribution in [0.15, 0.2) is 30.3 Å². The molecule has 1 saturated heterocycles. The second-order valence-corrected chi connectivity index (χ2v) is 5.80. The van der Waals surface area contributed by atoms with Crippen LogP contribution in [-0.4, -0.2) is 31.1 Å². The Labute approximate surface area is 125 Å². The summed E-state index contributed by atoms with van der Waals surface area (Å²) in [7, 11) is 0. The molecule has 3 rings (SSSR count). The van der Waals surface area contributed by atoms with Gasteiger partial charge in [-0.05, 0) is 18.4 Å². The van der Waals surface area contributed by atoms with E-state index >= 15 is 0 Å². The zero-order valence-corrected chi connectivity index (χ0v) is 12.2. The maximum atomic E-state index is 12.6. The molecule has 1 atom stereocenters. The monoisotopic (exact) mass is 289 g/mol. The topological polar surface area (TPSA) is 62.4 Å². The van der Waals surface area contributed by atoms with Gasteiger partial charge in [0.25, 0.3) is 5.91 Å². The van der Waals surface area contributed by atoms with Gasteiger partial charge in [-0.2, -0.15) is 0 Å². The summed E-state index contributed by atoms with van der Waals surface area (Å²) in [6.07, 6.45) is 4.22. The first-order valence-electron chi connectivity index (χ1n) is 7.79. The number of hydrogen-bond donors (Lipinski definition) is 3. The highest BCUT2D eigenvalue weighted by molar-refractivity contribution is 5.82. The van der Waals surface area contributed by atoms with Crippen molar-refractivity contribution in [3.05, 3.63) is 35.9 Å². The molecule has 1 amide bonds. The quantitative estimate of drug-likeness (QED) is 0.764. The molecular formula is C16H23N3O2. The van der Waals surface area contributed by atoms with Crippen molar-refractivity contribution in [3.8, 4) is 0 Å². The van der Waals surface area contributed by atoms with E-state index in [1.807, 2.05) is 30.3 Å². The van der Waals surface area contributed by atoms with Gasteiger partial charge in [0.2, 0.25) is 0 Å². The number of hydrazine groups is 1. The third-order valence-corrected chi connectivity index (χ3v) is 4.14. The number of hydrogen-bond acceptors (Lipinski definition) is 4. The van der Waals surface area contributed by atoms with Crippen LogP contribution in [0, 0.1) is 0 Å². The number of carbonyl (C=O) groups is 1. The molecule has 5 nitrogen and oxygen atoms in total. The molecule has 0 spiro atoms. The van der Waals surface area contributed by atoms with Crippen LogP contribution < -0.4 is 16.2 Å². The van der Waals surface area contributed by atoms with E-state index in [4.69, 9.17) is 4.74 Å². The Balaban J connectivity index is 1.69. The van der Waals surface area contributed by atoms with E-state index in [1.54, 1.807) is 0 Å². The zero-order chi connectivity index (χ0) is 14.5. The summed E-state index contributed by atoms with van der Waals surface area (Å²) < 4.78 is 6.12. The van der Waals surface area contributed by atoms with Gasteiger partial charge in [-0.25, -0.2) is 0 Å². The van der Waals surface area contributed by atoms with Crippen molar-refractivity contribution in [2.24, 2.45) is 0 Å². The minimum absolute atomic E-state index is 0.0383. The van der Waals surface area contributed by atoms with Gasteiger partial charge in [0.1, 0.15) is 0 Å². The van der Waals surface area contributed by atoms with E-state index in [-0.39, 0.29) is 18.1 Å². The molecule has 3 N–H and O–H groups in total. The van der Waals surface area contributed by atoms with E-state index in [0.717, 1.165) is 31.5 Å². The number of benzene rings is 1. The highest BCUT2D eigenvalue weighted by Gasteiger charge is 2.29. The Morgan fingerprint density at radius 2 is 1.81 bits per heavy atom. The van der Waals surface area contributed by atoms with Gasteiger partial charge < -0.3 is 10.1 Å². The van der Waals surface area contributed by atoms with Crippen molar-refractivity contribution in [3.63, 3.8) is 0 Å². The van der Waals surface area contributed by atoms with Crippen LogP contribution in [0.4, 0.5) is 0 Å². The molecule has 1 aromatic carbocycles. The summed E-state index contributed by atoms with van der Waals surface area (Å²) in [4.78, 5) is 12.6. The van der Waals surface area contributed by atoms with Crippen LogP contribution in [0.3, 0.4) is 0 Å². The molecule has 21 heavy (non-hydrogen) atoms. The van der Waals surface area contributed by atoms with E-state index in [1.165, 1.54) is 12.8 Å². The molecule has 0 aromatic heterocycles. The number of nitrogens with one attached hydrogen (secondary N) is 3. The molecule has 5 heteroatoms. The van der Waals surface area contributed by atoms with Crippen LogP contribution in [0.25, 0.3) is 0 Å². The predicted octanol–water partition coefficient (Wildman–Crippen LogP) is 1.28. The lowest BCUT2D eigenvalue weighted by atomic mass is 10.1. The smallest absolute Gasteiger partial charge is 0.254 e. The van der Waals surface area contributed by atoms with Gasteiger partial charge >= 0.3 is 0 Å². The molecule has 1 aliphatic carbocycles. The lowest BCUT2D eigenvalue weighted by molar-refractivity contribution is -0.137. The summed E-state index contributed by atoms with van der Waals surface area (Å²) in [6, 6.07) is 9.91. The lowest BCUT2D eigenvalue weighted by Gasteiger charge is -2.23. The Bertz CT molecular complexity index is 454. The average Bonchev–Trinajstić information content (AvgIpc) is 3.19. The minimum atomic E-state index is -0.505. The fourth-order valence-corrected chi connectivity index (χ4v) is 2.98. The number of rotatable bonds is 5. The first-order valence-corrected chi connectivity index (χ1v) is 7.79. The molecule has 1 saturated carbocycles. The first kappa shape index (κ1) is 14.5. The van der Waals surface area contributed by atoms with Crippen molar-refractivity contribution in [1.82, 2.24) is 16.2 Å².